The van der Waals surface area contributed by atoms with Crippen LogP contribution in [-0.4, -0.2) is 38.2 Å². The number of rotatable bonds is 8. The molecule has 0 aromatic heterocycles. The highest BCUT2D eigenvalue weighted by Crippen LogP contribution is 2.31. The first-order valence-corrected chi connectivity index (χ1v) is 8.81. The highest BCUT2D eigenvalue weighted by Gasteiger charge is 2.15. The first-order valence-electron chi connectivity index (χ1n) is 8.05. The number of hydrogen-bond donors (Lipinski definition) is 0. The Morgan fingerprint density at radius 3 is 2.42 bits per heavy atom. The minimum Gasteiger partial charge on any atom is -0.493 e. The third-order valence-corrected chi connectivity index (χ3v) is 4.62. The van der Waals surface area contributed by atoms with E-state index in [4.69, 9.17) is 37.4 Å². The lowest BCUT2D eigenvalue weighted by Crippen LogP contribution is -2.34. The molecule has 0 fully saturated rings. The Hall–Kier alpha value is -2.11. The van der Waals surface area contributed by atoms with Crippen LogP contribution in [0.1, 0.15) is 12.5 Å². The predicted molar refractivity (Wildman–Crippen MR) is 103 cm³/mol. The molecule has 0 unspecified atom stereocenters. The van der Waals surface area contributed by atoms with Crippen molar-refractivity contribution in [3.05, 3.63) is 52.0 Å². The minimum atomic E-state index is -0.154. The SMILES string of the molecule is CCN(Cc1ccc(OC)c(OC)c1)C(=O)COc1cccc(Cl)c1Cl. The van der Waals surface area contributed by atoms with E-state index in [1.807, 2.05) is 25.1 Å². The molecular formula is C19H21Cl2NO4. The molecular weight excluding hydrogens is 377 g/mol. The van der Waals surface area contributed by atoms with Crippen LogP contribution in [0.2, 0.25) is 10.0 Å². The van der Waals surface area contributed by atoms with Gasteiger partial charge in [0.25, 0.3) is 5.91 Å². The molecule has 2 aromatic rings. The Kier molecular flexibility index (Phi) is 7.42. The maximum Gasteiger partial charge on any atom is 0.260 e. The molecule has 26 heavy (non-hydrogen) atoms. The van der Waals surface area contributed by atoms with Gasteiger partial charge in [-0.1, -0.05) is 35.3 Å². The smallest absolute Gasteiger partial charge is 0.260 e. The van der Waals surface area contributed by atoms with Crippen molar-refractivity contribution in [3.63, 3.8) is 0 Å². The zero-order chi connectivity index (χ0) is 19.1. The summed E-state index contributed by atoms with van der Waals surface area (Å²) in [6.45, 7) is 2.76. The van der Waals surface area contributed by atoms with Crippen molar-refractivity contribution in [2.75, 3.05) is 27.4 Å². The fraction of sp³-hybridized carbons (Fsp3) is 0.316. The van der Waals surface area contributed by atoms with Crippen molar-refractivity contribution >= 4 is 29.1 Å². The molecule has 0 aliphatic carbocycles. The summed E-state index contributed by atoms with van der Waals surface area (Å²) in [6, 6.07) is 10.6. The van der Waals surface area contributed by atoms with Crippen LogP contribution in [0, 0.1) is 0 Å². The number of carbonyl (C=O) groups excluding carboxylic acids is 1. The lowest BCUT2D eigenvalue weighted by Gasteiger charge is -2.22. The third kappa shape index (κ3) is 4.96. The molecule has 1 amide bonds. The lowest BCUT2D eigenvalue weighted by molar-refractivity contribution is -0.133. The Morgan fingerprint density at radius 1 is 1.04 bits per heavy atom. The Bertz CT molecular complexity index is 767. The van der Waals surface area contributed by atoms with Crippen LogP contribution in [0.4, 0.5) is 0 Å². The third-order valence-electron chi connectivity index (χ3n) is 3.82. The van der Waals surface area contributed by atoms with E-state index in [1.54, 1.807) is 37.3 Å². The van der Waals surface area contributed by atoms with E-state index >= 15 is 0 Å². The van der Waals surface area contributed by atoms with Crippen molar-refractivity contribution < 1.29 is 19.0 Å². The molecule has 0 aliphatic heterocycles. The summed E-state index contributed by atoms with van der Waals surface area (Å²) >= 11 is 12.0. The van der Waals surface area contributed by atoms with Gasteiger partial charge in [-0.15, -0.1) is 0 Å². The fourth-order valence-corrected chi connectivity index (χ4v) is 2.75. The molecule has 5 nitrogen and oxygen atoms in total. The zero-order valence-electron chi connectivity index (χ0n) is 14.9. The van der Waals surface area contributed by atoms with Gasteiger partial charge in [0.1, 0.15) is 10.8 Å². The van der Waals surface area contributed by atoms with Crippen LogP contribution in [0.5, 0.6) is 17.2 Å². The maximum absolute atomic E-state index is 12.5. The average molecular weight is 398 g/mol. The first-order chi connectivity index (χ1) is 12.5. The normalized spacial score (nSPS) is 10.3. The number of carbonyl (C=O) groups is 1. The van der Waals surface area contributed by atoms with Gasteiger partial charge in [-0.3, -0.25) is 4.79 Å². The van der Waals surface area contributed by atoms with E-state index in [0.29, 0.717) is 40.4 Å². The molecule has 140 valence electrons. The van der Waals surface area contributed by atoms with Crippen molar-refractivity contribution in [3.8, 4) is 17.2 Å². The predicted octanol–water partition coefficient (Wildman–Crippen LogP) is 4.44. The number of ether oxygens (including phenoxy) is 3. The van der Waals surface area contributed by atoms with Gasteiger partial charge in [-0.25, -0.2) is 0 Å². The largest absolute Gasteiger partial charge is 0.493 e. The van der Waals surface area contributed by atoms with Crippen molar-refractivity contribution in [1.82, 2.24) is 4.90 Å². The molecule has 2 rings (SSSR count). The molecule has 0 radical (unpaired) electrons. The summed E-state index contributed by atoms with van der Waals surface area (Å²) in [7, 11) is 3.16. The number of amides is 1. The molecule has 0 heterocycles. The first kappa shape index (κ1) is 20.2. The van der Waals surface area contributed by atoms with Gasteiger partial charge in [0.05, 0.1) is 19.2 Å². The molecule has 0 atom stereocenters. The van der Waals surface area contributed by atoms with E-state index in [9.17, 15) is 4.79 Å². The summed E-state index contributed by atoms with van der Waals surface area (Å²) in [5.41, 5.74) is 0.929. The number of benzene rings is 2. The van der Waals surface area contributed by atoms with E-state index in [0.717, 1.165) is 5.56 Å². The summed E-state index contributed by atoms with van der Waals surface area (Å²) in [6.07, 6.45) is 0. The number of hydrogen-bond acceptors (Lipinski definition) is 4. The number of methoxy groups -OCH3 is 2. The summed E-state index contributed by atoms with van der Waals surface area (Å²) in [5.74, 6) is 1.49. The molecule has 0 saturated heterocycles. The number of likely N-dealkylation sites (N-methyl/N-ethyl adjacent to an activating group) is 1. The van der Waals surface area contributed by atoms with Crippen LogP contribution in [0.25, 0.3) is 0 Å². The number of halogens is 2. The maximum atomic E-state index is 12.5. The van der Waals surface area contributed by atoms with Crippen molar-refractivity contribution in [1.29, 1.82) is 0 Å². The summed E-state index contributed by atoms with van der Waals surface area (Å²) < 4.78 is 16.1. The van der Waals surface area contributed by atoms with Crippen molar-refractivity contribution in [2.24, 2.45) is 0 Å². The molecule has 0 bridgehead atoms. The Morgan fingerprint density at radius 2 is 1.77 bits per heavy atom. The van der Waals surface area contributed by atoms with Crippen LogP contribution in [0.15, 0.2) is 36.4 Å². The van der Waals surface area contributed by atoms with E-state index < -0.39 is 0 Å². The Labute approximate surface area is 163 Å². The van der Waals surface area contributed by atoms with Gasteiger partial charge >= 0.3 is 0 Å². The van der Waals surface area contributed by atoms with E-state index in [-0.39, 0.29) is 12.5 Å². The van der Waals surface area contributed by atoms with Gasteiger partial charge in [-0.2, -0.15) is 0 Å². The topological polar surface area (TPSA) is 48.0 Å². The van der Waals surface area contributed by atoms with Crippen LogP contribution in [-0.2, 0) is 11.3 Å². The Balaban J connectivity index is 2.03. The summed E-state index contributed by atoms with van der Waals surface area (Å²) in [4.78, 5) is 14.2. The van der Waals surface area contributed by atoms with Gasteiger partial charge in [0.15, 0.2) is 18.1 Å². The van der Waals surface area contributed by atoms with Crippen LogP contribution in [0.3, 0.4) is 0 Å². The molecule has 0 aliphatic rings. The van der Waals surface area contributed by atoms with Crippen molar-refractivity contribution in [2.45, 2.75) is 13.5 Å². The second-order valence-corrected chi connectivity index (χ2v) is 6.22. The monoisotopic (exact) mass is 397 g/mol. The van der Waals surface area contributed by atoms with Gasteiger partial charge in [-0.05, 0) is 36.8 Å². The lowest BCUT2D eigenvalue weighted by atomic mass is 10.2. The molecule has 0 saturated carbocycles. The minimum absolute atomic E-state index is 0.124. The average Bonchev–Trinajstić information content (AvgIpc) is 2.66. The highest BCUT2D eigenvalue weighted by molar-refractivity contribution is 6.42. The van der Waals surface area contributed by atoms with E-state index in [1.165, 1.54) is 0 Å². The van der Waals surface area contributed by atoms with Gasteiger partial charge in [0.2, 0.25) is 0 Å². The standard InChI is InChI=1S/C19H21Cl2NO4/c1-4-22(11-13-8-9-15(24-2)17(10-13)25-3)18(23)12-26-16-7-5-6-14(20)19(16)21/h5-10H,4,11-12H2,1-3H3. The van der Waals surface area contributed by atoms with Gasteiger partial charge < -0.3 is 19.1 Å². The van der Waals surface area contributed by atoms with E-state index in [2.05, 4.69) is 0 Å². The highest BCUT2D eigenvalue weighted by atomic mass is 35.5. The molecule has 2 aromatic carbocycles. The second kappa shape index (κ2) is 9.55. The molecule has 0 N–H and O–H groups in total. The molecule has 0 spiro atoms. The van der Waals surface area contributed by atoms with Gasteiger partial charge in [0, 0.05) is 13.1 Å². The quantitative estimate of drug-likeness (QED) is 0.660. The zero-order valence-corrected chi connectivity index (χ0v) is 16.4. The van der Waals surface area contributed by atoms with Crippen LogP contribution >= 0.6 is 23.2 Å². The fourth-order valence-electron chi connectivity index (χ4n) is 2.40. The molecule has 7 heteroatoms. The second-order valence-electron chi connectivity index (χ2n) is 5.44. The number of nitrogens with zero attached hydrogens (tertiary/aromatic N) is 1. The summed E-state index contributed by atoms with van der Waals surface area (Å²) in [5, 5.41) is 0.680. The van der Waals surface area contributed by atoms with Crippen LogP contribution < -0.4 is 14.2 Å².